The van der Waals surface area contributed by atoms with Crippen LogP contribution in [0.15, 0.2) is 60.8 Å². The molecule has 0 fully saturated rings. The van der Waals surface area contributed by atoms with Gasteiger partial charge >= 0.3 is 0 Å². The van der Waals surface area contributed by atoms with Crippen LogP contribution in [0.5, 0.6) is 5.75 Å². The number of aryl methyl sites for hydroxylation is 1. The number of carbonyl (C=O) groups is 1. The van der Waals surface area contributed by atoms with E-state index >= 15 is 0 Å². The lowest BCUT2D eigenvalue weighted by Crippen LogP contribution is -2.29. The van der Waals surface area contributed by atoms with Crippen LogP contribution in [-0.2, 0) is 12.8 Å². The van der Waals surface area contributed by atoms with Crippen molar-refractivity contribution >= 4 is 17.5 Å². The number of para-hydroxylation sites is 1. The summed E-state index contributed by atoms with van der Waals surface area (Å²) < 4.78 is 5.24. The molecule has 6 nitrogen and oxygen atoms in total. The first kappa shape index (κ1) is 18.9. The molecule has 29 heavy (non-hydrogen) atoms. The predicted octanol–water partition coefficient (Wildman–Crippen LogP) is 3.54. The zero-order chi connectivity index (χ0) is 20.1. The number of aromatic nitrogens is 2. The normalized spacial score (nSPS) is 12.9. The molecule has 0 aliphatic carbocycles. The molecule has 0 bridgehead atoms. The molecular weight excluding hydrogens is 364 g/mol. The lowest BCUT2D eigenvalue weighted by molar-refractivity contribution is 0.0949. The summed E-state index contributed by atoms with van der Waals surface area (Å²) in [4.78, 5) is 23.6. The average molecular weight is 388 g/mol. The number of benzene rings is 2. The molecule has 0 saturated heterocycles. The van der Waals surface area contributed by atoms with E-state index < -0.39 is 0 Å². The van der Waals surface area contributed by atoms with E-state index in [2.05, 4.69) is 38.4 Å². The van der Waals surface area contributed by atoms with Crippen LogP contribution in [0.4, 0.5) is 11.6 Å². The van der Waals surface area contributed by atoms with E-state index in [1.54, 1.807) is 19.4 Å². The maximum atomic E-state index is 12.6. The zero-order valence-corrected chi connectivity index (χ0v) is 16.5. The van der Waals surface area contributed by atoms with Crippen LogP contribution in [0.1, 0.15) is 28.0 Å². The van der Waals surface area contributed by atoms with Crippen molar-refractivity contribution in [1.29, 1.82) is 0 Å². The van der Waals surface area contributed by atoms with E-state index in [1.165, 1.54) is 5.56 Å². The van der Waals surface area contributed by atoms with Crippen molar-refractivity contribution in [3.8, 4) is 5.75 Å². The summed E-state index contributed by atoms with van der Waals surface area (Å²) in [5, 5.41) is 2.95. The average Bonchev–Trinajstić information content (AvgIpc) is 2.79. The second-order valence-corrected chi connectivity index (χ2v) is 6.98. The Morgan fingerprint density at radius 1 is 1.17 bits per heavy atom. The van der Waals surface area contributed by atoms with Crippen molar-refractivity contribution in [2.24, 2.45) is 0 Å². The van der Waals surface area contributed by atoms with Gasteiger partial charge in [0.15, 0.2) is 0 Å². The molecule has 1 N–H and O–H groups in total. The topological polar surface area (TPSA) is 67.3 Å². The summed E-state index contributed by atoms with van der Waals surface area (Å²) in [5.74, 6) is 1.19. The van der Waals surface area contributed by atoms with Crippen molar-refractivity contribution < 1.29 is 9.53 Å². The third kappa shape index (κ3) is 4.37. The number of methoxy groups -OCH3 is 1. The van der Waals surface area contributed by atoms with Crippen LogP contribution >= 0.6 is 0 Å². The molecule has 0 saturated carbocycles. The van der Waals surface area contributed by atoms with Crippen molar-refractivity contribution in [3.63, 3.8) is 0 Å². The molecule has 1 aliphatic heterocycles. The number of nitrogens with zero attached hydrogens (tertiary/aromatic N) is 3. The first-order chi connectivity index (χ1) is 14.2. The lowest BCUT2D eigenvalue weighted by atomic mass is 10.0. The van der Waals surface area contributed by atoms with Gasteiger partial charge in [-0.05, 0) is 54.7 Å². The number of nitrogens with one attached hydrogen (secondary N) is 1. The first-order valence-electron chi connectivity index (χ1n) is 9.84. The largest absolute Gasteiger partial charge is 0.497 e. The second kappa shape index (κ2) is 8.73. The van der Waals surface area contributed by atoms with Crippen LogP contribution in [0, 0.1) is 0 Å². The van der Waals surface area contributed by atoms with Crippen LogP contribution < -0.4 is 15.0 Å². The van der Waals surface area contributed by atoms with Gasteiger partial charge in [0.25, 0.3) is 5.91 Å². The second-order valence-electron chi connectivity index (χ2n) is 6.98. The fourth-order valence-corrected chi connectivity index (χ4v) is 3.59. The smallest absolute Gasteiger partial charge is 0.270 e. The highest BCUT2D eigenvalue weighted by Gasteiger charge is 2.20. The number of anilines is 2. The maximum absolute atomic E-state index is 12.6. The number of carbonyl (C=O) groups excluding carboxylic acids is 1. The molecule has 1 amide bonds. The first-order valence-corrected chi connectivity index (χ1v) is 9.84. The number of fused-ring (bicyclic) bond motifs is 1. The Kier molecular flexibility index (Phi) is 5.70. The predicted molar refractivity (Wildman–Crippen MR) is 113 cm³/mol. The standard InChI is InChI=1S/C23H24N4O2/c1-29-19-9-4-6-17(16-19)11-13-24-22(28)20-12-14-25-23(26-20)27-15-5-8-18-7-2-3-10-21(18)27/h2-4,6-7,9-10,12,14,16H,5,8,11,13,15H2,1H3,(H,24,28). The summed E-state index contributed by atoms with van der Waals surface area (Å²) in [6.07, 6.45) is 4.46. The summed E-state index contributed by atoms with van der Waals surface area (Å²) in [5.41, 5.74) is 3.89. The molecular formula is C23H24N4O2. The van der Waals surface area contributed by atoms with Gasteiger partial charge in [-0.3, -0.25) is 4.79 Å². The van der Waals surface area contributed by atoms with Crippen molar-refractivity contribution in [2.45, 2.75) is 19.3 Å². The van der Waals surface area contributed by atoms with Gasteiger partial charge in [-0.25, -0.2) is 9.97 Å². The van der Waals surface area contributed by atoms with E-state index in [0.29, 0.717) is 18.2 Å². The van der Waals surface area contributed by atoms with Crippen LogP contribution in [0.3, 0.4) is 0 Å². The quantitative estimate of drug-likeness (QED) is 0.700. The molecule has 1 aromatic heterocycles. The molecule has 0 spiro atoms. The van der Waals surface area contributed by atoms with Gasteiger partial charge in [-0.2, -0.15) is 0 Å². The summed E-state index contributed by atoms with van der Waals surface area (Å²) in [6, 6.07) is 17.8. The number of ether oxygens (including phenoxy) is 1. The highest BCUT2D eigenvalue weighted by Crippen LogP contribution is 2.31. The van der Waals surface area contributed by atoms with Gasteiger partial charge in [0.05, 0.1) is 7.11 Å². The highest BCUT2D eigenvalue weighted by atomic mass is 16.5. The molecule has 6 heteroatoms. The molecule has 0 atom stereocenters. The van der Waals surface area contributed by atoms with Gasteiger partial charge in [-0.15, -0.1) is 0 Å². The van der Waals surface area contributed by atoms with Crippen molar-refractivity contribution in [2.75, 3.05) is 25.1 Å². The maximum Gasteiger partial charge on any atom is 0.270 e. The van der Waals surface area contributed by atoms with Gasteiger partial charge in [0.2, 0.25) is 5.95 Å². The summed E-state index contributed by atoms with van der Waals surface area (Å²) in [7, 11) is 1.65. The summed E-state index contributed by atoms with van der Waals surface area (Å²) in [6.45, 7) is 1.37. The monoisotopic (exact) mass is 388 g/mol. The molecule has 2 aromatic carbocycles. The van der Waals surface area contributed by atoms with E-state index in [1.807, 2.05) is 30.3 Å². The van der Waals surface area contributed by atoms with E-state index in [0.717, 1.165) is 42.8 Å². The van der Waals surface area contributed by atoms with E-state index in [9.17, 15) is 4.79 Å². The molecule has 2 heterocycles. The number of hydrogen-bond acceptors (Lipinski definition) is 5. The molecule has 1 aliphatic rings. The lowest BCUT2D eigenvalue weighted by Gasteiger charge is -2.29. The van der Waals surface area contributed by atoms with Crippen molar-refractivity contribution in [1.82, 2.24) is 15.3 Å². The minimum absolute atomic E-state index is 0.193. The fraction of sp³-hybridized carbons (Fsp3) is 0.261. The Hall–Kier alpha value is -3.41. The Labute approximate surface area is 170 Å². The number of hydrogen-bond donors (Lipinski definition) is 1. The van der Waals surface area contributed by atoms with Gasteiger partial charge in [0, 0.05) is 25.0 Å². The third-order valence-electron chi connectivity index (χ3n) is 5.06. The molecule has 0 radical (unpaired) electrons. The van der Waals surface area contributed by atoms with Crippen LogP contribution in [0.2, 0.25) is 0 Å². The van der Waals surface area contributed by atoms with Gasteiger partial charge in [0.1, 0.15) is 11.4 Å². The molecule has 0 unspecified atom stereocenters. The molecule has 4 rings (SSSR count). The van der Waals surface area contributed by atoms with E-state index in [-0.39, 0.29) is 5.91 Å². The van der Waals surface area contributed by atoms with Gasteiger partial charge in [-0.1, -0.05) is 30.3 Å². The Morgan fingerprint density at radius 2 is 2.07 bits per heavy atom. The zero-order valence-electron chi connectivity index (χ0n) is 16.5. The summed E-state index contributed by atoms with van der Waals surface area (Å²) >= 11 is 0. The van der Waals surface area contributed by atoms with Gasteiger partial charge < -0.3 is 15.0 Å². The van der Waals surface area contributed by atoms with E-state index in [4.69, 9.17) is 4.74 Å². The Bertz CT molecular complexity index is 1010. The third-order valence-corrected chi connectivity index (χ3v) is 5.06. The Balaban J connectivity index is 1.43. The molecule has 148 valence electrons. The minimum atomic E-state index is -0.193. The van der Waals surface area contributed by atoms with Crippen LogP contribution in [-0.4, -0.2) is 36.1 Å². The minimum Gasteiger partial charge on any atom is -0.497 e. The number of amides is 1. The highest BCUT2D eigenvalue weighted by molar-refractivity contribution is 5.92. The van der Waals surface area contributed by atoms with Crippen LogP contribution in [0.25, 0.3) is 0 Å². The van der Waals surface area contributed by atoms with Crippen molar-refractivity contribution in [3.05, 3.63) is 77.6 Å². The molecule has 3 aromatic rings. The fourth-order valence-electron chi connectivity index (χ4n) is 3.59. The Morgan fingerprint density at radius 3 is 2.97 bits per heavy atom. The SMILES string of the molecule is COc1cccc(CCNC(=O)c2ccnc(N3CCCc4ccccc43)n2)c1. The number of rotatable bonds is 6.